The molecule has 0 aliphatic carbocycles. The molecule has 1 N–H and O–H groups in total. The Morgan fingerprint density at radius 2 is 2.25 bits per heavy atom. The molecule has 0 spiro atoms. The maximum Gasteiger partial charge on any atom is 0.328 e. The van der Waals surface area contributed by atoms with Gasteiger partial charge in [-0.05, 0) is 35.4 Å². The number of hydrogen-bond acceptors (Lipinski definition) is 4. The first kappa shape index (κ1) is 14.2. The minimum absolute atomic E-state index is 0.393. The number of carboxylic acid groups (broad SMARTS) is 1. The zero-order valence-electron chi connectivity index (χ0n) is 10.4. The van der Waals surface area contributed by atoms with E-state index in [2.05, 4.69) is 9.97 Å². The van der Waals surface area contributed by atoms with Crippen LogP contribution in [0.3, 0.4) is 0 Å². The first-order valence-electron chi connectivity index (χ1n) is 5.73. The topological polar surface area (TPSA) is 63.1 Å². The minimum Gasteiger partial charge on any atom is -0.478 e. The molecule has 0 aliphatic heterocycles. The van der Waals surface area contributed by atoms with Crippen molar-refractivity contribution in [2.24, 2.45) is 0 Å². The zero-order chi connectivity index (χ0) is 14.4. The molecule has 4 nitrogen and oxygen atoms in total. The summed E-state index contributed by atoms with van der Waals surface area (Å²) in [6, 6.07) is 6.23. The molecule has 1 aromatic carbocycles. The van der Waals surface area contributed by atoms with Gasteiger partial charge in [0.25, 0.3) is 0 Å². The van der Waals surface area contributed by atoms with Crippen LogP contribution in [0.25, 0.3) is 6.08 Å². The molecular weight excluding hydrogens is 279 g/mol. The number of aliphatic carboxylic acids is 1. The van der Waals surface area contributed by atoms with Crippen molar-refractivity contribution < 1.29 is 14.3 Å². The lowest BCUT2D eigenvalue weighted by Gasteiger charge is -2.03. The maximum absolute atomic E-state index is 13.5. The second-order valence-corrected chi connectivity index (χ2v) is 4.90. The van der Waals surface area contributed by atoms with Crippen LogP contribution in [-0.4, -0.2) is 21.0 Å². The Morgan fingerprint density at radius 1 is 1.40 bits per heavy atom. The molecule has 0 saturated heterocycles. The fourth-order valence-corrected chi connectivity index (χ4v) is 2.30. The van der Waals surface area contributed by atoms with Crippen molar-refractivity contribution in [2.45, 2.75) is 10.8 Å². The number of rotatable bonds is 5. The summed E-state index contributed by atoms with van der Waals surface area (Å²) in [5.74, 6) is -0.912. The molecule has 1 heterocycles. The third-order valence-corrected chi connectivity index (χ3v) is 3.35. The summed E-state index contributed by atoms with van der Waals surface area (Å²) in [5, 5.41) is 9.36. The van der Waals surface area contributed by atoms with Crippen molar-refractivity contribution in [1.82, 2.24) is 9.97 Å². The summed E-state index contributed by atoms with van der Waals surface area (Å²) in [6.45, 7) is 0. The van der Waals surface area contributed by atoms with Crippen LogP contribution in [0.4, 0.5) is 4.39 Å². The average molecular weight is 290 g/mol. The van der Waals surface area contributed by atoms with Gasteiger partial charge in [-0.25, -0.2) is 19.2 Å². The molecule has 0 unspecified atom stereocenters. The van der Waals surface area contributed by atoms with Crippen LogP contribution in [0, 0.1) is 5.82 Å². The molecule has 0 radical (unpaired) electrons. The van der Waals surface area contributed by atoms with Crippen LogP contribution in [0.15, 0.2) is 47.9 Å². The molecule has 20 heavy (non-hydrogen) atoms. The van der Waals surface area contributed by atoms with Gasteiger partial charge in [-0.1, -0.05) is 6.07 Å². The van der Waals surface area contributed by atoms with Gasteiger partial charge in [0.15, 0.2) is 0 Å². The number of nitrogens with zero attached hydrogens (tertiary/aromatic N) is 2. The molecule has 6 heteroatoms. The molecule has 0 amide bonds. The summed E-state index contributed by atoms with van der Waals surface area (Å²) >= 11 is 1.46. The number of aromatic nitrogens is 2. The van der Waals surface area contributed by atoms with Gasteiger partial charge in [0.2, 0.25) is 0 Å². The largest absolute Gasteiger partial charge is 0.478 e. The highest BCUT2D eigenvalue weighted by Crippen LogP contribution is 2.21. The first-order valence-corrected chi connectivity index (χ1v) is 6.71. The lowest BCUT2D eigenvalue weighted by molar-refractivity contribution is -0.131. The minimum atomic E-state index is -1.06. The van der Waals surface area contributed by atoms with E-state index in [4.69, 9.17) is 5.11 Å². The van der Waals surface area contributed by atoms with Crippen molar-refractivity contribution >= 4 is 23.8 Å². The fourth-order valence-electron chi connectivity index (χ4n) is 1.54. The molecule has 0 aliphatic rings. The summed E-state index contributed by atoms with van der Waals surface area (Å²) in [4.78, 5) is 18.3. The van der Waals surface area contributed by atoms with Crippen molar-refractivity contribution in [1.29, 1.82) is 0 Å². The van der Waals surface area contributed by atoms with Gasteiger partial charge < -0.3 is 5.11 Å². The summed E-state index contributed by atoms with van der Waals surface area (Å²) in [6.07, 6.45) is 5.44. The Balaban J connectivity index is 2.10. The highest BCUT2D eigenvalue weighted by molar-refractivity contribution is 7.98. The Hall–Kier alpha value is -2.21. The fraction of sp³-hybridized carbons (Fsp3) is 0.0714. The number of thioether (sulfide) groups is 1. The van der Waals surface area contributed by atoms with E-state index >= 15 is 0 Å². The molecule has 0 saturated carbocycles. The highest BCUT2D eigenvalue weighted by atomic mass is 32.2. The van der Waals surface area contributed by atoms with Crippen molar-refractivity contribution in [2.75, 3.05) is 0 Å². The van der Waals surface area contributed by atoms with E-state index in [1.54, 1.807) is 18.3 Å². The third kappa shape index (κ3) is 4.47. The van der Waals surface area contributed by atoms with Gasteiger partial charge in [0, 0.05) is 18.0 Å². The van der Waals surface area contributed by atoms with Crippen molar-refractivity contribution in [3.05, 3.63) is 59.8 Å². The summed E-state index contributed by atoms with van der Waals surface area (Å²) in [5.41, 5.74) is 1.28. The Bertz CT molecular complexity index is 632. The predicted octanol–water partition coefficient (Wildman–Crippen LogP) is 3.01. The molecular formula is C14H11FN2O2S. The molecule has 2 aromatic rings. The van der Waals surface area contributed by atoms with E-state index in [9.17, 15) is 9.18 Å². The normalized spacial score (nSPS) is 10.8. The van der Waals surface area contributed by atoms with Gasteiger partial charge >= 0.3 is 5.97 Å². The summed E-state index contributed by atoms with van der Waals surface area (Å²) in [7, 11) is 0. The number of benzene rings is 1. The number of carbonyl (C=O) groups is 1. The van der Waals surface area contributed by atoms with Crippen LogP contribution in [0.1, 0.15) is 11.1 Å². The van der Waals surface area contributed by atoms with Crippen molar-refractivity contribution in [3.63, 3.8) is 0 Å². The molecule has 0 atom stereocenters. The van der Waals surface area contributed by atoms with Crippen LogP contribution in [0.5, 0.6) is 0 Å². The smallest absolute Gasteiger partial charge is 0.328 e. The van der Waals surface area contributed by atoms with Gasteiger partial charge in [-0.2, -0.15) is 0 Å². The maximum atomic E-state index is 13.5. The van der Waals surface area contributed by atoms with Crippen LogP contribution in [0.2, 0.25) is 0 Å². The van der Waals surface area contributed by atoms with Crippen LogP contribution < -0.4 is 0 Å². The molecule has 0 fully saturated rings. The number of halogens is 1. The second kappa shape index (κ2) is 6.81. The molecule has 1 aromatic heterocycles. The zero-order valence-corrected chi connectivity index (χ0v) is 11.2. The summed E-state index contributed by atoms with van der Waals surface area (Å²) < 4.78 is 13.5. The highest BCUT2D eigenvalue weighted by Gasteiger charge is 2.02. The van der Waals surface area contributed by atoms with Crippen LogP contribution in [-0.2, 0) is 10.5 Å². The van der Waals surface area contributed by atoms with Gasteiger partial charge in [0.05, 0.1) is 5.03 Å². The lowest BCUT2D eigenvalue weighted by Crippen LogP contribution is -1.89. The van der Waals surface area contributed by atoms with E-state index < -0.39 is 11.8 Å². The van der Waals surface area contributed by atoms with E-state index in [0.29, 0.717) is 11.3 Å². The Morgan fingerprint density at radius 3 is 2.95 bits per heavy atom. The van der Waals surface area contributed by atoms with Gasteiger partial charge in [-0.3, -0.25) is 0 Å². The van der Waals surface area contributed by atoms with E-state index in [0.717, 1.165) is 16.7 Å². The van der Waals surface area contributed by atoms with E-state index in [1.165, 1.54) is 36.3 Å². The molecule has 0 bridgehead atoms. The predicted molar refractivity (Wildman–Crippen MR) is 74.7 cm³/mol. The van der Waals surface area contributed by atoms with Gasteiger partial charge in [0.1, 0.15) is 12.1 Å². The van der Waals surface area contributed by atoms with Gasteiger partial charge in [-0.15, -0.1) is 11.8 Å². The average Bonchev–Trinajstić information content (AvgIpc) is 2.44. The standard InChI is InChI=1S/C14H11FN2O2S/c15-12-6-10(1-2-14(18)19)5-11(7-12)8-20-13-3-4-16-9-17-13/h1-7,9H,8H2,(H,18,19). The van der Waals surface area contributed by atoms with E-state index in [-0.39, 0.29) is 0 Å². The van der Waals surface area contributed by atoms with Crippen molar-refractivity contribution in [3.8, 4) is 0 Å². The quantitative estimate of drug-likeness (QED) is 0.521. The molecule has 102 valence electrons. The number of carboxylic acids is 1. The number of hydrogen-bond donors (Lipinski definition) is 1. The van der Waals surface area contributed by atoms with Crippen LogP contribution >= 0.6 is 11.8 Å². The first-order chi connectivity index (χ1) is 9.63. The third-order valence-electron chi connectivity index (χ3n) is 2.34. The second-order valence-electron chi connectivity index (χ2n) is 3.90. The Labute approximate surface area is 119 Å². The van der Waals surface area contributed by atoms with E-state index in [1.807, 2.05) is 0 Å². The Kier molecular flexibility index (Phi) is 4.84. The lowest BCUT2D eigenvalue weighted by atomic mass is 10.1. The monoisotopic (exact) mass is 290 g/mol. The SMILES string of the molecule is O=C(O)C=Cc1cc(F)cc(CSc2ccncn2)c1. The molecule has 2 rings (SSSR count).